The van der Waals surface area contributed by atoms with Gasteiger partial charge in [0.2, 0.25) is 0 Å². The molecule has 1 heterocycles. The van der Waals surface area contributed by atoms with Crippen molar-refractivity contribution >= 4 is 15.9 Å². The second-order valence-corrected chi connectivity index (χ2v) is 7.92. The molecule has 2 aromatic rings. The minimum Gasteiger partial charge on any atom is -0.457 e. The first-order valence-electron chi connectivity index (χ1n) is 8.37. The number of hydrogen-bond acceptors (Lipinski definition) is 6. The van der Waals surface area contributed by atoms with Gasteiger partial charge < -0.3 is 9.47 Å². The number of amides is 1. The fourth-order valence-corrected chi connectivity index (χ4v) is 3.79. The van der Waals surface area contributed by atoms with Gasteiger partial charge >= 0.3 is 0 Å². The van der Waals surface area contributed by atoms with Crippen molar-refractivity contribution in [3.63, 3.8) is 0 Å². The molecule has 7 nitrogen and oxygen atoms in total. The van der Waals surface area contributed by atoms with Crippen LogP contribution in [0.4, 0.5) is 8.78 Å². The third-order valence-electron chi connectivity index (χ3n) is 4.18. The summed E-state index contributed by atoms with van der Waals surface area (Å²) in [5, 5.41) is 9.96. The van der Waals surface area contributed by atoms with Gasteiger partial charge in [-0.25, -0.2) is 8.78 Å². The van der Waals surface area contributed by atoms with Crippen LogP contribution in [0.2, 0.25) is 0 Å². The number of hydrogen-bond donors (Lipinski definition) is 1. The zero-order chi connectivity index (χ0) is 20.3. The average Bonchev–Trinajstić information content (AvgIpc) is 2.67. The molecule has 0 aromatic heterocycles. The van der Waals surface area contributed by atoms with Gasteiger partial charge in [0.1, 0.15) is 23.1 Å². The molecule has 0 atom stereocenters. The molecule has 1 fully saturated rings. The van der Waals surface area contributed by atoms with Crippen molar-refractivity contribution < 1.29 is 36.7 Å². The Labute approximate surface area is 160 Å². The van der Waals surface area contributed by atoms with E-state index in [-0.39, 0.29) is 20.9 Å². The molecule has 28 heavy (non-hydrogen) atoms. The number of halogens is 2. The van der Waals surface area contributed by atoms with E-state index in [0.29, 0.717) is 32.1 Å². The van der Waals surface area contributed by atoms with Crippen LogP contribution in [-0.4, -0.2) is 37.2 Å². The predicted octanol–water partition coefficient (Wildman–Crippen LogP) is 3.09. The zero-order valence-corrected chi connectivity index (χ0v) is 15.4. The lowest BCUT2D eigenvalue weighted by molar-refractivity contribution is -0.153. The second kappa shape index (κ2) is 8.21. The normalized spacial score (nSPS) is 15.2. The van der Waals surface area contributed by atoms with Gasteiger partial charge in [-0.05, 0) is 37.1 Å². The monoisotopic (exact) mass is 413 g/mol. The van der Waals surface area contributed by atoms with Gasteiger partial charge in [0, 0.05) is 37.3 Å². The number of nitrogens with zero attached hydrogens (tertiary/aromatic N) is 1. The van der Waals surface area contributed by atoms with Crippen LogP contribution in [0.15, 0.2) is 47.4 Å². The molecule has 0 unspecified atom stereocenters. The van der Waals surface area contributed by atoms with Gasteiger partial charge in [-0.15, -0.1) is 4.47 Å². The highest BCUT2D eigenvalue weighted by Crippen LogP contribution is 2.26. The van der Waals surface area contributed by atoms with Crippen LogP contribution in [-0.2, 0) is 19.6 Å². The van der Waals surface area contributed by atoms with Crippen molar-refractivity contribution in [3.05, 3.63) is 54.1 Å². The summed E-state index contributed by atoms with van der Waals surface area (Å²) in [6, 6.07) is 7.33. The molecule has 1 amide bonds. The van der Waals surface area contributed by atoms with E-state index in [9.17, 15) is 27.2 Å². The number of hydroxylamine groups is 1. The Balaban J connectivity index is 1.74. The molecule has 3 rings (SSSR count). The first-order chi connectivity index (χ1) is 13.3. The lowest BCUT2D eigenvalue weighted by atomic mass is 10.00. The van der Waals surface area contributed by atoms with E-state index < -0.39 is 33.5 Å². The van der Waals surface area contributed by atoms with Gasteiger partial charge in [-0.2, -0.15) is 8.42 Å². The minimum absolute atomic E-state index is 0.105. The fraction of sp³-hybridized carbons (Fsp3) is 0.278. The number of carbonyl (C=O) groups excluding carboxylic acids is 1. The van der Waals surface area contributed by atoms with Crippen molar-refractivity contribution in [1.29, 1.82) is 0 Å². The molecule has 0 spiro atoms. The van der Waals surface area contributed by atoms with E-state index in [0.717, 1.165) is 24.3 Å². The summed E-state index contributed by atoms with van der Waals surface area (Å²) >= 11 is 0. The van der Waals surface area contributed by atoms with Crippen molar-refractivity contribution in [1.82, 2.24) is 4.47 Å². The number of carbonyl (C=O) groups is 1. The van der Waals surface area contributed by atoms with Crippen LogP contribution in [0.25, 0.3) is 0 Å². The van der Waals surface area contributed by atoms with Crippen LogP contribution in [0, 0.1) is 17.6 Å². The topological polar surface area (TPSA) is 93.1 Å². The highest BCUT2D eigenvalue weighted by Gasteiger charge is 2.34. The van der Waals surface area contributed by atoms with Gasteiger partial charge in [0.25, 0.3) is 15.9 Å². The Morgan fingerprint density at radius 2 is 1.61 bits per heavy atom. The molecule has 0 radical (unpaired) electrons. The molecule has 1 aliphatic rings. The second-order valence-electron chi connectivity index (χ2n) is 6.15. The molecule has 0 aliphatic carbocycles. The lowest BCUT2D eigenvalue weighted by Gasteiger charge is -2.24. The first kappa shape index (κ1) is 20.2. The number of rotatable bonds is 5. The SMILES string of the molecule is O=C(C1CCOCC1)N(O)S(=O)(=O)c1ccc(Oc2cc(F)cc(F)c2)cc1. The molecule has 150 valence electrons. The van der Waals surface area contributed by atoms with E-state index in [1.54, 1.807) is 0 Å². The van der Waals surface area contributed by atoms with Crippen molar-refractivity contribution in [2.75, 3.05) is 13.2 Å². The van der Waals surface area contributed by atoms with Gasteiger partial charge in [0.05, 0.1) is 4.90 Å². The maximum Gasteiger partial charge on any atom is 0.289 e. The molecule has 0 saturated carbocycles. The fourth-order valence-electron chi connectivity index (χ4n) is 2.72. The van der Waals surface area contributed by atoms with Crippen molar-refractivity contribution in [2.24, 2.45) is 5.92 Å². The van der Waals surface area contributed by atoms with Crippen LogP contribution in [0.5, 0.6) is 11.5 Å². The third-order valence-corrected chi connectivity index (χ3v) is 5.68. The van der Waals surface area contributed by atoms with E-state index >= 15 is 0 Å². The molecule has 2 aromatic carbocycles. The third kappa shape index (κ3) is 4.46. The van der Waals surface area contributed by atoms with Crippen LogP contribution < -0.4 is 4.74 Å². The maximum atomic E-state index is 13.2. The van der Waals surface area contributed by atoms with Gasteiger partial charge in [-0.3, -0.25) is 10.0 Å². The van der Waals surface area contributed by atoms with Crippen LogP contribution in [0.1, 0.15) is 12.8 Å². The van der Waals surface area contributed by atoms with Gasteiger partial charge in [-0.1, -0.05) is 0 Å². The van der Waals surface area contributed by atoms with E-state index in [1.807, 2.05) is 0 Å². The number of benzene rings is 2. The van der Waals surface area contributed by atoms with Crippen molar-refractivity contribution in [3.8, 4) is 11.5 Å². The average molecular weight is 413 g/mol. The summed E-state index contributed by atoms with van der Waals surface area (Å²) in [5.41, 5.74) is 0. The maximum absolute atomic E-state index is 13.2. The van der Waals surface area contributed by atoms with E-state index in [4.69, 9.17) is 9.47 Å². The Hall–Kier alpha value is -2.56. The van der Waals surface area contributed by atoms with Crippen molar-refractivity contribution in [2.45, 2.75) is 17.7 Å². The summed E-state index contributed by atoms with van der Waals surface area (Å²) in [7, 11) is -4.47. The minimum atomic E-state index is -4.47. The van der Waals surface area contributed by atoms with Crippen LogP contribution >= 0.6 is 0 Å². The Kier molecular flexibility index (Phi) is 5.92. The highest BCUT2D eigenvalue weighted by atomic mass is 32.2. The lowest BCUT2D eigenvalue weighted by Crippen LogP contribution is -2.40. The first-order valence-corrected chi connectivity index (χ1v) is 9.81. The molecule has 10 heteroatoms. The van der Waals surface area contributed by atoms with Crippen LogP contribution in [0.3, 0.4) is 0 Å². The highest BCUT2D eigenvalue weighted by molar-refractivity contribution is 7.89. The summed E-state index contributed by atoms with van der Waals surface area (Å²) in [5.74, 6) is -3.19. The Bertz CT molecular complexity index is 938. The smallest absolute Gasteiger partial charge is 0.289 e. The quantitative estimate of drug-likeness (QED) is 0.598. The predicted molar refractivity (Wildman–Crippen MR) is 92.2 cm³/mol. The molecule has 1 N–H and O–H groups in total. The summed E-state index contributed by atoms with van der Waals surface area (Å²) in [6.45, 7) is 0.633. The summed E-state index contributed by atoms with van der Waals surface area (Å²) in [6.07, 6.45) is 0.644. The molecule has 1 saturated heterocycles. The van der Waals surface area contributed by atoms with E-state index in [2.05, 4.69) is 0 Å². The standard InChI is InChI=1S/C18H17F2NO6S/c19-13-9-14(20)11-16(10-13)27-15-1-3-17(4-2-15)28(24,25)21(23)18(22)12-5-7-26-8-6-12/h1-4,9-12,23H,5-8H2. The number of sulfonamides is 1. The number of ether oxygens (including phenoxy) is 2. The summed E-state index contributed by atoms with van der Waals surface area (Å²) < 4.78 is 61.5. The Morgan fingerprint density at radius 1 is 1.04 bits per heavy atom. The largest absolute Gasteiger partial charge is 0.457 e. The molecule has 0 bridgehead atoms. The zero-order valence-electron chi connectivity index (χ0n) is 14.5. The van der Waals surface area contributed by atoms with Gasteiger partial charge in [0.15, 0.2) is 0 Å². The van der Waals surface area contributed by atoms with E-state index in [1.165, 1.54) is 12.1 Å². The molecular formula is C18H17F2NO6S. The Morgan fingerprint density at radius 3 is 2.18 bits per heavy atom. The molecule has 1 aliphatic heterocycles. The summed E-state index contributed by atoms with van der Waals surface area (Å²) in [4.78, 5) is 11.9. The molecular weight excluding hydrogens is 396 g/mol.